The van der Waals surface area contributed by atoms with E-state index in [0.29, 0.717) is 13.2 Å². The molecule has 0 fully saturated rings. The van der Waals surface area contributed by atoms with Gasteiger partial charge in [0.1, 0.15) is 0 Å². The van der Waals surface area contributed by atoms with Crippen LogP contribution < -0.4 is 11.3 Å². The van der Waals surface area contributed by atoms with Gasteiger partial charge in [-0.3, -0.25) is 10.2 Å². The number of carbonyl (C=O) groups is 1. The number of amides is 1. The van der Waals surface area contributed by atoms with E-state index < -0.39 is 0 Å². The molecular formula is C16H26N2O3. The summed E-state index contributed by atoms with van der Waals surface area (Å²) in [6, 6.07) is 7.80. The molecule has 1 aromatic carbocycles. The molecule has 1 atom stereocenters. The van der Waals surface area contributed by atoms with Crippen molar-refractivity contribution < 1.29 is 14.3 Å². The van der Waals surface area contributed by atoms with Gasteiger partial charge in [0.15, 0.2) is 0 Å². The minimum absolute atomic E-state index is 0.158. The first-order valence-corrected chi connectivity index (χ1v) is 7.12. The zero-order chi connectivity index (χ0) is 15.9. The van der Waals surface area contributed by atoms with Crippen LogP contribution in [0.15, 0.2) is 24.3 Å². The maximum atomic E-state index is 11.5. The monoisotopic (exact) mass is 294 g/mol. The minimum Gasteiger partial charge on any atom is -0.379 e. The molecule has 1 unspecified atom stereocenters. The maximum Gasteiger partial charge on any atom is 0.241 e. The van der Waals surface area contributed by atoms with Crippen molar-refractivity contribution in [2.24, 2.45) is 5.84 Å². The molecule has 0 aliphatic heterocycles. The normalized spacial score (nSPS) is 13.0. The molecule has 0 aliphatic rings. The number of hydrazine groups is 1. The third-order valence-electron chi connectivity index (χ3n) is 3.69. The van der Waals surface area contributed by atoms with Gasteiger partial charge in [-0.2, -0.15) is 0 Å². The second-order valence-corrected chi connectivity index (χ2v) is 5.74. The third kappa shape index (κ3) is 5.83. The fourth-order valence-electron chi connectivity index (χ4n) is 1.79. The molecule has 0 aromatic heterocycles. The Kier molecular flexibility index (Phi) is 6.81. The van der Waals surface area contributed by atoms with Gasteiger partial charge in [0.05, 0.1) is 18.1 Å². The number of benzene rings is 1. The summed E-state index contributed by atoms with van der Waals surface area (Å²) >= 11 is 0. The predicted molar refractivity (Wildman–Crippen MR) is 82.5 cm³/mol. The van der Waals surface area contributed by atoms with Crippen LogP contribution in [-0.2, 0) is 20.9 Å². The molecule has 0 heterocycles. The number of nitrogens with one attached hydrogen (secondary N) is 1. The number of ether oxygens (including phenoxy) is 2. The Bertz CT molecular complexity index is 443. The Morgan fingerprint density at radius 1 is 1.33 bits per heavy atom. The molecule has 0 bridgehead atoms. The first kappa shape index (κ1) is 17.6. The molecule has 1 rings (SSSR count). The van der Waals surface area contributed by atoms with E-state index in [1.54, 1.807) is 7.11 Å². The zero-order valence-electron chi connectivity index (χ0n) is 13.3. The highest BCUT2D eigenvalue weighted by atomic mass is 16.5. The van der Waals surface area contributed by atoms with Crippen LogP contribution in [0.1, 0.15) is 44.2 Å². The summed E-state index contributed by atoms with van der Waals surface area (Å²) in [6.45, 7) is 7.09. The molecule has 3 N–H and O–H groups in total. The van der Waals surface area contributed by atoms with E-state index in [1.165, 1.54) is 0 Å². The summed E-state index contributed by atoms with van der Waals surface area (Å²) in [6.07, 6.45) is 0.843. The molecule has 0 saturated heterocycles. The van der Waals surface area contributed by atoms with Gasteiger partial charge in [-0.1, -0.05) is 24.3 Å². The molecule has 118 valence electrons. The smallest absolute Gasteiger partial charge is 0.241 e. The molecule has 0 radical (unpaired) electrons. The summed E-state index contributed by atoms with van der Waals surface area (Å²) in [5.74, 6) is 4.69. The summed E-state index contributed by atoms with van der Waals surface area (Å²) in [5.41, 5.74) is 4.02. The van der Waals surface area contributed by atoms with Crippen LogP contribution in [0.4, 0.5) is 0 Å². The lowest BCUT2D eigenvalue weighted by atomic mass is 9.99. The standard InChI is InChI=1S/C16H26N2O3/c1-12(15(19)18-17)14-7-5-13(6-8-14)11-21-10-9-16(2,3)20-4/h5-8,12H,9-11,17H2,1-4H3,(H,18,19). The van der Waals surface area contributed by atoms with Gasteiger partial charge in [0, 0.05) is 13.7 Å². The number of hydrogen-bond acceptors (Lipinski definition) is 4. The topological polar surface area (TPSA) is 73.6 Å². The summed E-state index contributed by atoms with van der Waals surface area (Å²) < 4.78 is 11.0. The van der Waals surface area contributed by atoms with Crippen molar-refractivity contribution in [2.45, 2.75) is 45.3 Å². The second-order valence-electron chi connectivity index (χ2n) is 5.74. The second kappa shape index (κ2) is 8.12. The number of methoxy groups -OCH3 is 1. The highest BCUT2D eigenvalue weighted by molar-refractivity contribution is 5.82. The molecule has 21 heavy (non-hydrogen) atoms. The van der Waals surface area contributed by atoms with E-state index in [9.17, 15) is 4.79 Å². The van der Waals surface area contributed by atoms with Crippen LogP contribution in [0.25, 0.3) is 0 Å². The number of carbonyl (C=O) groups excluding carboxylic acids is 1. The first-order chi connectivity index (χ1) is 9.89. The van der Waals surface area contributed by atoms with E-state index in [1.807, 2.05) is 45.0 Å². The van der Waals surface area contributed by atoms with Crippen LogP contribution in [0, 0.1) is 0 Å². The van der Waals surface area contributed by atoms with Gasteiger partial charge < -0.3 is 9.47 Å². The Balaban J connectivity index is 2.43. The average molecular weight is 294 g/mol. The highest BCUT2D eigenvalue weighted by Crippen LogP contribution is 2.17. The highest BCUT2D eigenvalue weighted by Gasteiger charge is 2.16. The fraction of sp³-hybridized carbons (Fsp3) is 0.562. The van der Waals surface area contributed by atoms with Gasteiger partial charge in [0.25, 0.3) is 0 Å². The number of nitrogens with two attached hydrogens (primary N) is 1. The van der Waals surface area contributed by atoms with Gasteiger partial charge in [-0.05, 0) is 38.3 Å². The molecule has 0 saturated carbocycles. The van der Waals surface area contributed by atoms with Crippen molar-refractivity contribution in [2.75, 3.05) is 13.7 Å². The van der Waals surface area contributed by atoms with Crippen LogP contribution >= 0.6 is 0 Å². The fourth-order valence-corrected chi connectivity index (χ4v) is 1.79. The Morgan fingerprint density at radius 2 is 1.95 bits per heavy atom. The van der Waals surface area contributed by atoms with Gasteiger partial charge >= 0.3 is 0 Å². The van der Waals surface area contributed by atoms with Crippen molar-refractivity contribution in [3.05, 3.63) is 35.4 Å². The maximum absolute atomic E-state index is 11.5. The number of hydrogen-bond donors (Lipinski definition) is 2. The molecule has 0 spiro atoms. The van der Waals surface area contributed by atoms with Crippen molar-refractivity contribution in [3.63, 3.8) is 0 Å². The van der Waals surface area contributed by atoms with E-state index >= 15 is 0 Å². The number of rotatable bonds is 8. The van der Waals surface area contributed by atoms with E-state index in [2.05, 4.69) is 5.43 Å². The van der Waals surface area contributed by atoms with Gasteiger partial charge in [-0.15, -0.1) is 0 Å². The Hall–Kier alpha value is -1.43. The van der Waals surface area contributed by atoms with E-state index in [-0.39, 0.29) is 17.4 Å². The lowest BCUT2D eigenvalue weighted by Gasteiger charge is -2.22. The Morgan fingerprint density at radius 3 is 2.48 bits per heavy atom. The van der Waals surface area contributed by atoms with E-state index in [0.717, 1.165) is 17.5 Å². The molecule has 1 aromatic rings. The quantitative estimate of drug-likeness (QED) is 0.333. The van der Waals surface area contributed by atoms with Crippen LogP contribution in [0.3, 0.4) is 0 Å². The summed E-state index contributed by atoms with van der Waals surface area (Å²) in [4.78, 5) is 11.5. The minimum atomic E-state index is -0.257. The van der Waals surface area contributed by atoms with E-state index in [4.69, 9.17) is 15.3 Å². The van der Waals surface area contributed by atoms with Crippen LogP contribution in [-0.4, -0.2) is 25.2 Å². The summed E-state index contributed by atoms with van der Waals surface area (Å²) in [5, 5.41) is 0. The Labute approximate surface area is 126 Å². The average Bonchev–Trinajstić information content (AvgIpc) is 2.50. The lowest BCUT2D eigenvalue weighted by molar-refractivity contribution is -0.122. The molecule has 5 nitrogen and oxygen atoms in total. The SMILES string of the molecule is COC(C)(C)CCOCc1ccc(C(C)C(=O)NN)cc1. The lowest BCUT2D eigenvalue weighted by Crippen LogP contribution is -2.33. The third-order valence-corrected chi connectivity index (χ3v) is 3.69. The summed E-state index contributed by atoms with van der Waals surface area (Å²) in [7, 11) is 1.71. The van der Waals surface area contributed by atoms with Crippen molar-refractivity contribution in [1.29, 1.82) is 0 Å². The molecule has 5 heteroatoms. The van der Waals surface area contributed by atoms with Crippen molar-refractivity contribution >= 4 is 5.91 Å². The largest absolute Gasteiger partial charge is 0.379 e. The predicted octanol–water partition coefficient (Wildman–Crippen LogP) is 2.11. The molecule has 1 amide bonds. The zero-order valence-corrected chi connectivity index (χ0v) is 13.3. The van der Waals surface area contributed by atoms with Crippen molar-refractivity contribution in [1.82, 2.24) is 5.43 Å². The van der Waals surface area contributed by atoms with Gasteiger partial charge in [-0.25, -0.2) is 5.84 Å². The first-order valence-electron chi connectivity index (χ1n) is 7.12. The van der Waals surface area contributed by atoms with Crippen molar-refractivity contribution in [3.8, 4) is 0 Å². The molecular weight excluding hydrogens is 268 g/mol. The van der Waals surface area contributed by atoms with Crippen LogP contribution in [0.2, 0.25) is 0 Å². The van der Waals surface area contributed by atoms with Crippen LogP contribution in [0.5, 0.6) is 0 Å². The molecule has 0 aliphatic carbocycles. The van der Waals surface area contributed by atoms with Gasteiger partial charge in [0.2, 0.25) is 5.91 Å².